The number of hydrogen-bond donors (Lipinski definition) is 0. The summed E-state index contributed by atoms with van der Waals surface area (Å²) in [6.45, 7) is 4.48. The van der Waals surface area contributed by atoms with Crippen molar-refractivity contribution in [3.05, 3.63) is 11.1 Å². The topological polar surface area (TPSA) is 42.4 Å². The van der Waals surface area contributed by atoms with E-state index in [9.17, 15) is 4.79 Å². The highest BCUT2D eigenvalue weighted by Gasteiger charge is 2.14. The van der Waals surface area contributed by atoms with Crippen LogP contribution in [-0.4, -0.2) is 42.7 Å². The van der Waals surface area contributed by atoms with Gasteiger partial charge in [0.1, 0.15) is 0 Å². The number of carbonyl (C=O) groups excluding carboxylic acids is 1. The van der Waals surface area contributed by atoms with Crippen molar-refractivity contribution >= 4 is 34.2 Å². The fraction of sp³-hybridized carbons (Fsp3) is 0.714. The summed E-state index contributed by atoms with van der Waals surface area (Å²) in [5, 5.41) is 3.06. The van der Waals surface area contributed by atoms with E-state index in [2.05, 4.69) is 30.1 Å². The molecule has 114 valence electrons. The van der Waals surface area contributed by atoms with Crippen molar-refractivity contribution in [3.63, 3.8) is 0 Å². The summed E-state index contributed by atoms with van der Waals surface area (Å²) in [6.07, 6.45) is 4.34. The van der Waals surface area contributed by atoms with Gasteiger partial charge in [0.2, 0.25) is 0 Å². The molecule has 4 nitrogen and oxygen atoms in total. The van der Waals surface area contributed by atoms with Gasteiger partial charge in [-0.3, -0.25) is 4.79 Å². The molecule has 1 rings (SSSR count). The molecule has 0 saturated carbocycles. The molecule has 0 aliphatic rings. The van der Waals surface area contributed by atoms with Crippen molar-refractivity contribution in [1.29, 1.82) is 0 Å². The van der Waals surface area contributed by atoms with Crippen LogP contribution < -0.4 is 4.90 Å². The Balaban J connectivity index is 2.47. The van der Waals surface area contributed by atoms with E-state index in [0.29, 0.717) is 25.5 Å². The second-order valence-corrected chi connectivity index (χ2v) is 6.49. The summed E-state index contributed by atoms with van der Waals surface area (Å²) in [6, 6.07) is 0.478. The summed E-state index contributed by atoms with van der Waals surface area (Å²) >= 11 is 3.51. The van der Waals surface area contributed by atoms with Gasteiger partial charge in [0.25, 0.3) is 0 Å². The number of anilines is 1. The van der Waals surface area contributed by atoms with Gasteiger partial charge >= 0.3 is 5.97 Å². The number of aryl methyl sites for hydroxylation is 1. The van der Waals surface area contributed by atoms with E-state index in [4.69, 9.17) is 4.74 Å². The number of carbonyl (C=O) groups is 1. The highest BCUT2D eigenvalue weighted by molar-refractivity contribution is 7.98. The van der Waals surface area contributed by atoms with Gasteiger partial charge in [-0.1, -0.05) is 0 Å². The van der Waals surface area contributed by atoms with Gasteiger partial charge in [0.05, 0.1) is 18.7 Å². The summed E-state index contributed by atoms with van der Waals surface area (Å²) in [4.78, 5) is 18.1. The van der Waals surface area contributed by atoms with Crippen molar-refractivity contribution in [3.8, 4) is 0 Å². The van der Waals surface area contributed by atoms with Crippen molar-refractivity contribution in [2.45, 2.75) is 39.2 Å². The zero-order chi connectivity index (χ0) is 15.0. The van der Waals surface area contributed by atoms with Gasteiger partial charge in [0, 0.05) is 24.9 Å². The first-order valence-corrected chi connectivity index (χ1v) is 9.17. The molecule has 0 saturated heterocycles. The molecule has 6 heteroatoms. The fourth-order valence-electron chi connectivity index (χ4n) is 1.71. The van der Waals surface area contributed by atoms with E-state index in [1.807, 2.05) is 24.1 Å². The zero-order valence-corrected chi connectivity index (χ0v) is 14.4. The molecule has 1 atom stereocenters. The van der Waals surface area contributed by atoms with Crippen LogP contribution in [0.15, 0.2) is 5.38 Å². The molecule has 0 aliphatic heterocycles. The molecule has 0 radical (unpaired) electrons. The van der Waals surface area contributed by atoms with Crippen LogP contribution in [0.1, 0.15) is 32.4 Å². The molecule has 1 unspecified atom stereocenters. The minimum atomic E-state index is -0.149. The van der Waals surface area contributed by atoms with Crippen LogP contribution in [0.5, 0.6) is 0 Å². The molecule has 0 N–H and O–H groups in total. The van der Waals surface area contributed by atoms with Gasteiger partial charge in [-0.25, -0.2) is 4.98 Å². The predicted molar refractivity (Wildman–Crippen MR) is 87.9 cm³/mol. The second-order valence-electron chi connectivity index (χ2n) is 4.67. The minimum absolute atomic E-state index is 0.149. The fourth-order valence-corrected chi connectivity index (χ4v) is 3.21. The Kier molecular flexibility index (Phi) is 7.99. The molecule has 1 aromatic rings. The number of thiazole rings is 1. The lowest BCUT2D eigenvalue weighted by Gasteiger charge is -2.23. The third-order valence-electron chi connectivity index (χ3n) is 3.13. The number of hydrogen-bond acceptors (Lipinski definition) is 6. The van der Waals surface area contributed by atoms with Crippen LogP contribution in [0.25, 0.3) is 0 Å². The maximum absolute atomic E-state index is 11.3. The minimum Gasteiger partial charge on any atom is -0.466 e. The Labute approximate surface area is 129 Å². The van der Waals surface area contributed by atoms with Gasteiger partial charge in [0.15, 0.2) is 5.13 Å². The van der Waals surface area contributed by atoms with E-state index in [1.165, 1.54) is 0 Å². The average Bonchev–Trinajstić information content (AvgIpc) is 2.91. The number of esters is 1. The lowest BCUT2D eigenvalue weighted by atomic mass is 10.2. The Morgan fingerprint density at radius 1 is 1.60 bits per heavy atom. The summed E-state index contributed by atoms with van der Waals surface area (Å²) in [7, 11) is 2.08. The maximum Gasteiger partial charge on any atom is 0.306 e. The van der Waals surface area contributed by atoms with Crippen LogP contribution in [0.3, 0.4) is 0 Å². The number of thioether (sulfide) groups is 1. The van der Waals surface area contributed by atoms with Crippen LogP contribution >= 0.6 is 23.1 Å². The molecule has 0 bridgehead atoms. The van der Waals surface area contributed by atoms with Crippen LogP contribution in [0.4, 0.5) is 5.13 Å². The highest BCUT2D eigenvalue weighted by atomic mass is 32.2. The third kappa shape index (κ3) is 5.71. The smallest absolute Gasteiger partial charge is 0.306 e. The maximum atomic E-state index is 11.3. The molecular formula is C14H24N2O2S2. The number of nitrogens with zero attached hydrogens (tertiary/aromatic N) is 2. The molecule has 0 spiro atoms. The number of aromatic nitrogens is 1. The Morgan fingerprint density at radius 2 is 2.35 bits per heavy atom. The quantitative estimate of drug-likeness (QED) is 0.654. The summed E-state index contributed by atoms with van der Waals surface area (Å²) < 4.78 is 4.92. The molecule has 0 aliphatic carbocycles. The predicted octanol–water partition coefficient (Wildman–Crippen LogP) is 3.22. The zero-order valence-electron chi connectivity index (χ0n) is 12.7. The Bertz CT molecular complexity index is 410. The van der Waals surface area contributed by atoms with E-state index in [-0.39, 0.29) is 5.97 Å². The lowest BCUT2D eigenvalue weighted by Crippen LogP contribution is -2.29. The molecule has 1 aromatic heterocycles. The normalized spacial score (nSPS) is 12.2. The monoisotopic (exact) mass is 316 g/mol. The summed E-state index contributed by atoms with van der Waals surface area (Å²) in [5.74, 6) is 1.01. The Hall–Kier alpha value is -0.750. The van der Waals surface area contributed by atoms with E-state index in [0.717, 1.165) is 23.0 Å². The molecular weight excluding hydrogens is 292 g/mol. The molecule has 0 aromatic carbocycles. The largest absolute Gasteiger partial charge is 0.466 e. The van der Waals surface area contributed by atoms with Crippen LogP contribution in [0, 0.1) is 0 Å². The van der Waals surface area contributed by atoms with E-state index in [1.54, 1.807) is 11.3 Å². The van der Waals surface area contributed by atoms with E-state index < -0.39 is 0 Å². The third-order valence-corrected chi connectivity index (χ3v) is 4.76. The second kappa shape index (κ2) is 9.23. The number of rotatable bonds is 9. The van der Waals surface area contributed by atoms with Crippen LogP contribution in [-0.2, 0) is 16.0 Å². The average molecular weight is 316 g/mol. The van der Waals surface area contributed by atoms with Gasteiger partial charge in [-0.05, 0) is 32.3 Å². The first kappa shape index (κ1) is 17.3. The molecule has 0 amide bonds. The summed E-state index contributed by atoms with van der Waals surface area (Å²) in [5.41, 5.74) is 0.974. The van der Waals surface area contributed by atoms with Crippen LogP contribution in [0.2, 0.25) is 0 Å². The number of ether oxygens (including phenoxy) is 1. The van der Waals surface area contributed by atoms with Crippen molar-refractivity contribution < 1.29 is 9.53 Å². The van der Waals surface area contributed by atoms with Gasteiger partial charge < -0.3 is 9.64 Å². The highest BCUT2D eigenvalue weighted by Crippen LogP contribution is 2.23. The first-order chi connectivity index (χ1) is 9.58. The van der Waals surface area contributed by atoms with Gasteiger partial charge in [-0.15, -0.1) is 11.3 Å². The standard InChI is InChI=1S/C14H24N2O2S2/c1-5-18-13(17)7-6-12-10-20-14(15-12)16(3)11(2)8-9-19-4/h10-11H,5-9H2,1-4H3. The molecule has 1 heterocycles. The first-order valence-electron chi connectivity index (χ1n) is 6.90. The van der Waals surface area contributed by atoms with Crippen molar-refractivity contribution in [1.82, 2.24) is 4.98 Å². The lowest BCUT2D eigenvalue weighted by molar-refractivity contribution is -0.143. The molecule has 0 fully saturated rings. The van der Waals surface area contributed by atoms with E-state index >= 15 is 0 Å². The van der Waals surface area contributed by atoms with Crippen molar-refractivity contribution in [2.75, 3.05) is 30.6 Å². The Morgan fingerprint density at radius 3 is 3.00 bits per heavy atom. The van der Waals surface area contributed by atoms with Gasteiger partial charge in [-0.2, -0.15) is 11.8 Å². The molecule has 20 heavy (non-hydrogen) atoms. The SMILES string of the molecule is CCOC(=O)CCc1csc(N(C)C(C)CCSC)n1. The van der Waals surface area contributed by atoms with Crippen molar-refractivity contribution in [2.24, 2.45) is 0 Å².